The third-order valence-electron chi connectivity index (χ3n) is 2.70. The lowest BCUT2D eigenvalue weighted by Crippen LogP contribution is -1.96. The summed E-state index contributed by atoms with van der Waals surface area (Å²) >= 11 is 0. The van der Waals surface area contributed by atoms with E-state index in [1.807, 2.05) is 0 Å². The van der Waals surface area contributed by atoms with Crippen molar-refractivity contribution < 1.29 is 0 Å². The highest BCUT2D eigenvalue weighted by Crippen LogP contribution is 2.19. The van der Waals surface area contributed by atoms with E-state index in [2.05, 4.69) is 34.6 Å². The molecule has 12 heavy (non-hydrogen) atoms. The maximum Gasteiger partial charge on any atom is -0.0295 e. The van der Waals surface area contributed by atoms with Gasteiger partial charge in [0.15, 0.2) is 0 Å². The smallest absolute Gasteiger partial charge is 0.0295 e. The van der Waals surface area contributed by atoms with Crippen LogP contribution in [0.25, 0.3) is 0 Å². The van der Waals surface area contributed by atoms with Gasteiger partial charge in [0.2, 0.25) is 0 Å². The second-order valence-electron chi connectivity index (χ2n) is 4.01. The Hall–Kier alpha value is -0.260. The van der Waals surface area contributed by atoms with Crippen molar-refractivity contribution in [3.05, 3.63) is 11.1 Å². The molecule has 0 spiro atoms. The normalized spacial score (nSPS) is 15.8. The number of rotatable bonds is 5. The van der Waals surface area contributed by atoms with Gasteiger partial charge in [-0.2, -0.15) is 0 Å². The van der Waals surface area contributed by atoms with E-state index >= 15 is 0 Å². The predicted molar refractivity (Wildman–Crippen MR) is 57.4 cm³/mol. The average Bonchev–Trinajstić information content (AvgIpc) is 2.03. The van der Waals surface area contributed by atoms with Crippen LogP contribution in [0.3, 0.4) is 0 Å². The second kappa shape index (κ2) is 6.28. The van der Waals surface area contributed by atoms with Gasteiger partial charge in [0.1, 0.15) is 0 Å². The molecule has 72 valence electrons. The van der Waals surface area contributed by atoms with Gasteiger partial charge >= 0.3 is 0 Å². The number of allylic oxidation sites excluding steroid dienone is 2. The minimum atomic E-state index is 0.872. The third kappa shape index (κ3) is 4.58. The van der Waals surface area contributed by atoms with Crippen LogP contribution in [0.2, 0.25) is 0 Å². The Morgan fingerprint density at radius 3 is 2.08 bits per heavy atom. The Labute approximate surface area is 78.1 Å². The fourth-order valence-electron chi connectivity index (χ4n) is 1.59. The van der Waals surface area contributed by atoms with E-state index < -0.39 is 0 Å². The molecule has 0 saturated heterocycles. The van der Waals surface area contributed by atoms with E-state index in [4.69, 9.17) is 0 Å². The molecule has 0 heterocycles. The molecule has 0 aliphatic carbocycles. The molecular weight excluding hydrogens is 144 g/mol. The number of hydrogen-bond acceptors (Lipinski definition) is 0. The first-order chi connectivity index (χ1) is 5.61. The maximum absolute atomic E-state index is 2.36. The van der Waals surface area contributed by atoms with E-state index in [-0.39, 0.29) is 0 Å². The summed E-state index contributed by atoms with van der Waals surface area (Å²) in [5, 5.41) is 0. The zero-order chi connectivity index (χ0) is 9.56. The molecule has 0 aromatic carbocycles. The molecule has 0 aliphatic rings. The molecule has 0 aliphatic heterocycles. The molecule has 0 amide bonds. The van der Waals surface area contributed by atoms with Crippen LogP contribution < -0.4 is 0 Å². The molecule has 0 nitrogen and oxygen atoms in total. The van der Waals surface area contributed by atoms with Crippen LogP contribution in [-0.2, 0) is 0 Å². The summed E-state index contributed by atoms with van der Waals surface area (Å²) in [7, 11) is 0. The quantitative estimate of drug-likeness (QED) is 0.528. The first kappa shape index (κ1) is 11.7. The van der Waals surface area contributed by atoms with E-state index in [1.165, 1.54) is 25.7 Å². The molecule has 1 unspecified atom stereocenters. The SMILES string of the molecule is CCCC(C)CC(C)=C(C)CC. The molecule has 0 aromatic rings. The molecule has 0 saturated carbocycles. The van der Waals surface area contributed by atoms with E-state index in [1.54, 1.807) is 11.1 Å². The van der Waals surface area contributed by atoms with Crippen LogP contribution in [0, 0.1) is 5.92 Å². The van der Waals surface area contributed by atoms with Crippen molar-refractivity contribution in [3.63, 3.8) is 0 Å². The first-order valence-electron chi connectivity index (χ1n) is 5.27. The molecule has 0 rings (SSSR count). The van der Waals surface area contributed by atoms with Crippen molar-refractivity contribution in [1.29, 1.82) is 0 Å². The molecule has 1 atom stereocenters. The number of hydrogen-bond donors (Lipinski definition) is 0. The Morgan fingerprint density at radius 2 is 1.67 bits per heavy atom. The Bertz CT molecular complexity index is 142. The maximum atomic E-state index is 2.36. The summed E-state index contributed by atoms with van der Waals surface area (Å²) in [4.78, 5) is 0. The van der Waals surface area contributed by atoms with Gasteiger partial charge in [-0.3, -0.25) is 0 Å². The fraction of sp³-hybridized carbons (Fsp3) is 0.833. The molecular formula is C12H24. The molecule has 0 bridgehead atoms. The van der Waals surface area contributed by atoms with Gasteiger partial charge in [-0.05, 0) is 32.6 Å². The summed E-state index contributed by atoms with van der Waals surface area (Å²) in [6.07, 6.45) is 5.20. The summed E-state index contributed by atoms with van der Waals surface area (Å²) in [5.41, 5.74) is 3.19. The van der Waals surface area contributed by atoms with Gasteiger partial charge in [-0.15, -0.1) is 0 Å². The minimum Gasteiger partial charge on any atom is -0.0747 e. The van der Waals surface area contributed by atoms with Gasteiger partial charge in [0.05, 0.1) is 0 Å². The molecule has 0 fully saturated rings. The van der Waals surface area contributed by atoms with Crippen molar-refractivity contribution >= 4 is 0 Å². The lowest BCUT2D eigenvalue weighted by atomic mass is 9.94. The highest BCUT2D eigenvalue weighted by molar-refractivity contribution is 5.09. The van der Waals surface area contributed by atoms with Crippen LogP contribution in [0.5, 0.6) is 0 Å². The Morgan fingerprint density at radius 1 is 1.08 bits per heavy atom. The van der Waals surface area contributed by atoms with Gasteiger partial charge in [0.25, 0.3) is 0 Å². The molecule has 0 N–H and O–H groups in total. The fourth-order valence-corrected chi connectivity index (χ4v) is 1.59. The van der Waals surface area contributed by atoms with Crippen LogP contribution in [0.15, 0.2) is 11.1 Å². The average molecular weight is 168 g/mol. The lowest BCUT2D eigenvalue weighted by Gasteiger charge is -2.12. The zero-order valence-electron chi connectivity index (χ0n) is 9.41. The Kier molecular flexibility index (Phi) is 6.14. The molecule has 0 radical (unpaired) electrons. The monoisotopic (exact) mass is 168 g/mol. The summed E-state index contributed by atoms with van der Waals surface area (Å²) in [6, 6.07) is 0. The standard InChI is InChI=1S/C12H24/c1-6-8-10(3)9-12(5)11(4)7-2/h10H,6-9H2,1-5H3. The van der Waals surface area contributed by atoms with Crippen molar-refractivity contribution in [2.45, 2.75) is 60.3 Å². The third-order valence-corrected chi connectivity index (χ3v) is 2.70. The van der Waals surface area contributed by atoms with Crippen LogP contribution in [0.1, 0.15) is 60.3 Å². The van der Waals surface area contributed by atoms with Crippen molar-refractivity contribution in [2.24, 2.45) is 5.92 Å². The van der Waals surface area contributed by atoms with Gasteiger partial charge in [0, 0.05) is 0 Å². The second-order valence-corrected chi connectivity index (χ2v) is 4.01. The van der Waals surface area contributed by atoms with Crippen LogP contribution in [0.4, 0.5) is 0 Å². The van der Waals surface area contributed by atoms with Crippen molar-refractivity contribution in [2.75, 3.05) is 0 Å². The van der Waals surface area contributed by atoms with E-state index in [0.717, 1.165) is 5.92 Å². The Balaban J connectivity index is 3.90. The zero-order valence-corrected chi connectivity index (χ0v) is 9.41. The summed E-state index contributed by atoms with van der Waals surface area (Å²) in [6.45, 7) is 11.4. The largest absolute Gasteiger partial charge is 0.0747 e. The van der Waals surface area contributed by atoms with E-state index in [0.29, 0.717) is 0 Å². The predicted octanol–water partition coefficient (Wildman–Crippen LogP) is 4.56. The topological polar surface area (TPSA) is 0 Å². The van der Waals surface area contributed by atoms with Gasteiger partial charge in [-0.25, -0.2) is 0 Å². The lowest BCUT2D eigenvalue weighted by molar-refractivity contribution is 0.518. The van der Waals surface area contributed by atoms with Crippen molar-refractivity contribution in [3.8, 4) is 0 Å². The minimum absolute atomic E-state index is 0.872. The summed E-state index contributed by atoms with van der Waals surface area (Å²) < 4.78 is 0. The summed E-state index contributed by atoms with van der Waals surface area (Å²) in [5.74, 6) is 0.872. The van der Waals surface area contributed by atoms with Gasteiger partial charge < -0.3 is 0 Å². The van der Waals surface area contributed by atoms with Gasteiger partial charge in [-0.1, -0.05) is 44.8 Å². The molecule has 0 aromatic heterocycles. The van der Waals surface area contributed by atoms with Crippen LogP contribution >= 0.6 is 0 Å². The molecule has 0 heteroatoms. The highest BCUT2D eigenvalue weighted by atomic mass is 14.1. The van der Waals surface area contributed by atoms with E-state index in [9.17, 15) is 0 Å². The van der Waals surface area contributed by atoms with Crippen LogP contribution in [-0.4, -0.2) is 0 Å². The first-order valence-corrected chi connectivity index (χ1v) is 5.27. The van der Waals surface area contributed by atoms with Crippen molar-refractivity contribution in [1.82, 2.24) is 0 Å². The highest BCUT2D eigenvalue weighted by Gasteiger charge is 2.02.